The quantitative estimate of drug-likeness (QED) is 0.580. The van der Waals surface area contributed by atoms with E-state index >= 15 is 0 Å². The van der Waals surface area contributed by atoms with Crippen molar-refractivity contribution in [2.24, 2.45) is 5.73 Å². The number of carbonyl (C=O) groups is 2. The molecule has 0 atom stereocenters. The van der Waals surface area contributed by atoms with Crippen molar-refractivity contribution >= 4 is 33.7 Å². The Balaban J connectivity index is 2.27. The molecule has 0 saturated carbocycles. The molecule has 2 aromatic rings. The number of amides is 1. The monoisotopic (exact) mass is 387 g/mol. The fourth-order valence-electron chi connectivity index (χ4n) is 2.24. The lowest BCUT2D eigenvalue weighted by molar-refractivity contribution is -0.119. The highest BCUT2D eigenvalue weighted by Gasteiger charge is 2.12. The number of hydrogen-bond donors (Lipinski definition) is 1. The third-order valence-electron chi connectivity index (χ3n) is 3.43. The fourth-order valence-corrected chi connectivity index (χ4v) is 2.60. The molecule has 0 aliphatic carbocycles. The van der Waals surface area contributed by atoms with Crippen LogP contribution in [0.4, 0.5) is 0 Å². The molecule has 0 spiro atoms. The van der Waals surface area contributed by atoms with Crippen LogP contribution in [-0.4, -0.2) is 18.3 Å². The molecule has 0 aliphatic rings. The van der Waals surface area contributed by atoms with Crippen LogP contribution in [0.25, 0.3) is 6.08 Å². The normalized spacial score (nSPS) is 10.8. The van der Waals surface area contributed by atoms with Crippen LogP contribution in [0.2, 0.25) is 0 Å². The lowest BCUT2D eigenvalue weighted by atomic mass is 10.0. The molecule has 0 aliphatic heterocycles. The molecule has 5 heteroatoms. The van der Waals surface area contributed by atoms with E-state index in [0.29, 0.717) is 11.3 Å². The Morgan fingerprint density at radius 2 is 1.96 bits per heavy atom. The first-order valence-electron chi connectivity index (χ1n) is 7.52. The number of carbonyl (C=O) groups excluding carboxylic acids is 2. The van der Waals surface area contributed by atoms with Gasteiger partial charge in [-0.15, -0.1) is 0 Å². The van der Waals surface area contributed by atoms with Gasteiger partial charge in [-0.3, -0.25) is 9.59 Å². The highest BCUT2D eigenvalue weighted by atomic mass is 79.9. The SMILES string of the molecule is CCc1ccccc1/C=C/C(=O)c1cc(Br)ccc1OCC(N)=O. The van der Waals surface area contributed by atoms with Gasteiger partial charge in [0.1, 0.15) is 5.75 Å². The first kappa shape index (κ1) is 17.9. The average Bonchev–Trinajstić information content (AvgIpc) is 2.58. The zero-order valence-corrected chi connectivity index (χ0v) is 14.9. The number of primary amides is 1. The molecule has 2 aromatic carbocycles. The summed E-state index contributed by atoms with van der Waals surface area (Å²) in [7, 11) is 0. The van der Waals surface area contributed by atoms with Crippen molar-refractivity contribution in [3.05, 3.63) is 69.7 Å². The van der Waals surface area contributed by atoms with Crippen molar-refractivity contribution in [2.45, 2.75) is 13.3 Å². The number of halogens is 1. The summed E-state index contributed by atoms with van der Waals surface area (Å²) in [6, 6.07) is 12.9. The van der Waals surface area contributed by atoms with Crippen LogP contribution in [0.15, 0.2) is 53.0 Å². The van der Waals surface area contributed by atoms with Crippen molar-refractivity contribution in [3.8, 4) is 5.75 Å². The third kappa shape index (κ3) is 4.80. The molecule has 124 valence electrons. The standard InChI is InChI=1S/C19H18BrNO3/c1-2-13-5-3-4-6-14(13)7-9-17(22)16-11-15(20)8-10-18(16)24-12-19(21)23/h3-11H,2,12H2,1H3,(H2,21,23)/b9-7+. The zero-order chi connectivity index (χ0) is 17.5. The number of allylic oxidation sites excluding steroid dienone is 1. The largest absolute Gasteiger partial charge is 0.483 e. The van der Waals surface area contributed by atoms with Crippen LogP contribution in [0.1, 0.15) is 28.4 Å². The molecular formula is C19H18BrNO3. The molecule has 0 heterocycles. The predicted octanol–water partition coefficient (Wildman–Crippen LogP) is 3.77. The number of rotatable bonds is 7. The molecule has 0 radical (unpaired) electrons. The maximum atomic E-state index is 12.5. The minimum absolute atomic E-state index is 0.207. The van der Waals surface area contributed by atoms with Gasteiger partial charge in [0, 0.05) is 4.47 Å². The van der Waals surface area contributed by atoms with Gasteiger partial charge in [0.25, 0.3) is 5.91 Å². The first-order valence-corrected chi connectivity index (χ1v) is 8.31. The van der Waals surface area contributed by atoms with Crippen molar-refractivity contribution in [1.82, 2.24) is 0 Å². The molecule has 2 rings (SSSR count). The van der Waals surface area contributed by atoms with Crippen molar-refractivity contribution in [1.29, 1.82) is 0 Å². The van der Waals surface area contributed by atoms with Crippen LogP contribution in [0.5, 0.6) is 5.75 Å². The lowest BCUT2D eigenvalue weighted by Crippen LogP contribution is -2.20. The van der Waals surface area contributed by atoms with Gasteiger partial charge < -0.3 is 10.5 Å². The molecule has 2 N–H and O–H groups in total. The Morgan fingerprint density at radius 3 is 2.67 bits per heavy atom. The number of hydrogen-bond acceptors (Lipinski definition) is 3. The summed E-state index contributed by atoms with van der Waals surface area (Å²) in [5.41, 5.74) is 7.63. The lowest BCUT2D eigenvalue weighted by Gasteiger charge is -2.09. The summed E-state index contributed by atoms with van der Waals surface area (Å²) in [5.74, 6) is -0.471. The summed E-state index contributed by atoms with van der Waals surface area (Å²) in [5, 5.41) is 0. The average molecular weight is 388 g/mol. The van der Waals surface area contributed by atoms with Crippen molar-refractivity contribution in [2.75, 3.05) is 6.61 Å². The number of nitrogens with two attached hydrogens (primary N) is 1. The number of benzene rings is 2. The highest BCUT2D eigenvalue weighted by Crippen LogP contribution is 2.24. The summed E-state index contributed by atoms with van der Waals surface area (Å²) >= 11 is 3.34. The van der Waals surface area contributed by atoms with E-state index in [2.05, 4.69) is 22.9 Å². The van der Waals surface area contributed by atoms with E-state index in [1.807, 2.05) is 24.3 Å². The summed E-state index contributed by atoms with van der Waals surface area (Å²) in [6.07, 6.45) is 4.19. The van der Waals surface area contributed by atoms with Crippen LogP contribution in [0, 0.1) is 0 Å². The van der Waals surface area contributed by atoms with Gasteiger partial charge in [-0.05, 0) is 41.8 Å². The van der Waals surface area contributed by atoms with Crippen molar-refractivity contribution < 1.29 is 14.3 Å². The smallest absolute Gasteiger partial charge is 0.255 e. The van der Waals surface area contributed by atoms with E-state index < -0.39 is 5.91 Å². The van der Waals surface area contributed by atoms with E-state index in [9.17, 15) is 9.59 Å². The van der Waals surface area contributed by atoms with Crippen LogP contribution >= 0.6 is 15.9 Å². The molecule has 1 amide bonds. The summed E-state index contributed by atoms with van der Waals surface area (Å²) in [6.45, 7) is 1.79. The van der Waals surface area contributed by atoms with Gasteiger partial charge in [-0.25, -0.2) is 0 Å². The van der Waals surface area contributed by atoms with Gasteiger partial charge in [0.05, 0.1) is 5.56 Å². The van der Waals surface area contributed by atoms with Gasteiger partial charge in [-0.1, -0.05) is 53.2 Å². The summed E-state index contributed by atoms with van der Waals surface area (Å²) < 4.78 is 6.07. The molecule has 4 nitrogen and oxygen atoms in total. The molecule has 0 saturated heterocycles. The topological polar surface area (TPSA) is 69.4 Å². The molecule has 0 fully saturated rings. The predicted molar refractivity (Wildman–Crippen MR) is 98.0 cm³/mol. The fraction of sp³-hybridized carbons (Fsp3) is 0.158. The van der Waals surface area contributed by atoms with E-state index in [0.717, 1.165) is 16.5 Å². The van der Waals surface area contributed by atoms with Crippen LogP contribution in [-0.2, 0) is 11.2 Å². The van der Waals surface area contributed by atoms with Crippen LogP contribution in [0.3, 0.4) is 0 Å². The Kier molecular flexibility index (Phi) is 6.32. The Bertz CT molecular complexity index is 784. The Morgan fingerprint density at radius 1 is 1.21 bits per heavy atom. The van der Waals surface area contributed by atoms with Crippen molar-refractivity contribution in [3.63, 3.8) is 0 Å². The van der Waals surface area contributed by atoms with E-state index in [4.69, 9.17) is 10.5 Å². The maximum Gasteiger partial charge on any atom is 0.255 e. The van der Waals surface area contributed by atoms with Gasteiger partial charge in [0.15, 0.2) is 12.4 Å². The second-order valence-corrected chi connectivity index (χ2v) is 6.06. The van der Waals surface area contributed by atoms with E-state index in [1.165, 1.54) is 11.6 Å². The van der Waals surface area contributed by atoms with Crippen LogP contribution < -0.4 is 10.5 Å². The van der Waals surface area contributed by atoms with E-state index in [1.54, 1.807) is 24.3 Å². The van der Waals surface area contributed by atoms with Gasteiger partial charge >= 0.3 is 0 Å². The summed E-state index contributed by atoms with van der Waals surface area (Å²) in [4.78, 5) is 23.4. The number of ketones is 1. The first-order chi connectivity index (χ1) is 11.5. The highest BCUT2D eigenvalue weighted by molar-refractivity contribution is 9.10. The maximum absolute atomic E-state index is 12.5. The molecule has 24 heavy (non-hydrogen) atoms. The van der Waals surface area contributed by atoms with Gasteiger partial charge in [-0.2, -0.15) is 0 Å². The Hall–Kier alpha value is -2.40. The van der Waals surface area contributed by atoms with E-state index in [-0.39, 0.29) is 12.4 Å². The molecule has 0 bridgehead atoms. The number of aryl methyl sites for hydroxylation is 1. The molecular weight excluding hydrogens is 370 g/mol. The third-order valence-corrected chi connectivity index (χ3v) is 3.92. The Labute approximate surface area is 149 Å². The molecule has 0 unspecified atom stereocenters. The minimum Gasteiger partial charge on any atom is -0.483 e. The zero-order valence-electron chi connectivity index (χ0n) is 13.3. The number of ether oxygens (including phenoxy) is 1. The van der Waals surface area contributed by atoms with Gasteiger partial charge in [0.2, 0.25) is 0 Å². The minimum atomic E-state index is -0.594. The molecule has 0 aromatic heterocycles. The second-order valence-electron chi connectivity index (χ2n) is 5.15. The second kappa shape index (κ2) is 8.45.